The van der Waals surface area contributed by atoms with E-state index in [1.54, 1.807) is 6.92 Å². The van der Waals surface area contributed by atoms with Crippen LogP contribution in [-0.2, 0) is 4.79 Å². The molecule has 1 saturated heterocycles. The zero-order valence-corrected chi connectivity index (χ0v) is 8.95. The molecule has 0 N–H and O–H groups in total. The molecule has 2 heteroatoms. The summed E-state index contributed by atoms with van der Waals surface area (Å²) < 4.78 is 0. The van der Waals surface area contributed by atoms with Crippen LogP contribution in [0.3, 0.4) is 0 Å². The van der Waals surface area contributed by atoms with E-state index in [9.17, 15) is 4.79 Å². The number of carbonyl (C=O) groups excluding carboxylic acids is 1. The lowest BCUT2D eigenvalue weighted by atomic mass is 10.00. The van der Waals surface area contributed by atoms with Crippen molar-refractivity contribution in [3.8, 4) is 0 Å². The van der Waals surface area contributed by atoms with Gasteiger partial charge in [-0.1, -0.05) is 13.8 Å². The number of nitrogens with zero attached hydrogens (tertiary/aromatic N) is 1. The van der Waals surface area contributed by atoms with Crippen LogP contribution in [0.4, 0.5) is 0 Å². The van der Waals surface area contributed by atoms with Crippen LogP contribution in [-0.4, -0.2) is 30.3 Å². The molecule has 2 rings (SSSR count). The van der Waals surface area contributed by atoms with Crippen molar-refractivity contribution in [1.82, 2.24) is 4.90 Å². The van der Waals surface area contributed by atoms with E-state index in [1.165, 1.54) is 0 Å². The summed E-state index contributed by atoms with van der Waals surface area (Å²) in [6.45, 7) is 7.43. The van der Waals surface area contributed by atoms with E-state index in [0.29, 0.717) is 11.7 Å². The average Bonchev–Trinajstić information content (AvgIpc) is 2.54. The van der Waals surface area contributed by atoms with Gasteiger partial charge in [-0.05, 0) is 37.6 Å². The Hall–Kier alpha value is -0.370. The maximum absolute atomic E-state index is 11.4. The highest BCUT2D eigenvalue weighted by Crippen LogP contribution is 2.58. The first-order valence-corrected chi connectivity index (χ1v) is 5.24. The zero-order valence-electron chi connectivity index (χ0n) is 8.95. The third kappa shape index (κ3) is 1.23. The van der Waals surface area contributed by atoms with Crippen molar-refractivity contribution in [2.24, 2.45) is 23.7 Å². The molecule has 0 bridgehead atoms. The monoisotopic (exact) mass is 181 g/mol. The molecule has 74 valence electrons. The topological polar surface area (TPSA) is 20.3 Å². The first-order valence-electron chi connectivity index (χ1n) is 5.24. The Morgan fingerprint density at radius 1 is 1.46 bits per heavy atom. The number of ketones is 1. The first-order chi connectivity index (χ1) is 6.04. The van der Waals surface area contributed by atoms with Gasteiger partial charge in [-0.25, -0.2) is 0 Å². The number of piperidine rings is 1. The molecular formula is C11H19NO. The molecule has 2 nitrogen and oxygen atoms in total. The minimum absolute atomic E-state index is 0.234. The summed E-state index contributed by atoms with van der Waals surface area (Å²) in [5, 5.41) is 0. The Labute approximate surface area is 80.3 Å². The van der Waals surface area contributed by atoms with E-state index in [-0.39, 0.29) is 6.04 Å². The van der Waals surface area contributed by atoms with E-state index in [2.05, 4.69) is 25.8 Å². The van der Waals surface area contributed by atoms with Gasteiger partial charge in [-0.3, -0.25) is 9.69 Å². The molecule has 0 amide bonds. The highest BCUT2D eigenvalue weighted by Gasteiger charge is 2.61. The maximum atomic E-state index is 11.4. The summed E-state index contributed by atoms with van der Waals surface area (Å²) >= 11 is 0. The predicted molar refractivity (Wildman–Crippen MR) is 52.4 cm³/mol. The SMILES string of the molecule is CC(=O)[C@@H]1[C@H]2C(C(C)C)[C@H]2CN1C. The fourth-order valence-corrected chi connectivity index (χ4v) is 3.38. The number of likely N-dealkylation sites (N-methyl/N-ethyl adjacent to an activating group) is 1. The van der Waals surface area contributed by atoms with Gasteiger partial charge in [-0.15, -0.1) is 0 Å². The minimum atomic E-state index is 0.234. The standard InChI is InChI=1S/C11H19NO/c1-6(2)9-8-5-12(4)11(7(3)13)10(8)9/h6,8-11H,5H2,1-4H3/t8-,9?,10-,11-/m1/s1. The number of carbonyl (C=O) groups is 1. The van der Waals surface area contributed by atoms with Crippen molar-refractivity contribution in [2.75, 3.05) is 13.6 Å². The molecule has 2 aliphatic rings. The number of rotatable bonds is 2. The molecule has 1 unspecified atom stereocenters. The Morgan fingerprint density at radius 3 is 2.54 bits per heavy atom. The second-order valence-corrected chi connectivity index (χ2v) is 5.06. The molecule has 4 atom stereocenters. The lowest BCUT2D eigenvalue weighted by Gasteiger charge is -2.23. The highest BCUT2D eigenvalue weighted by atomic mass is 16.1. The molecule has 13 heavy (non-hydrogen) atoms. The first kappa shape index (κ1) is 9.20. The molecule has 0 radical (unpaired) electrons. The number of hydrogen-bond acceptors (Lipinski definition) is 2. The largest absolute Gasteiger partial charge is 0.298 e. The van der Waals surface area contributed by atoms with Crippen LogP contribution < -0.4 is 0 Å². The Kier molecular flexibility index (Phi) is 1.99. The average molecular weight is 181 g/mol. The third-order valence-electron chi connectivity index (χ3n) is 3.82. The molecule has 1 saturated carbocycles. The van der Waals surface area contributed by atoms with E-state index in [4.69, 9.17) is 0 Å². The van der Waals surface area contributed by atoms with Gasteiger partial charge in [0.1, 0.15) is 5.78 Å². The quantitative estimate of drug-likeness (QED) is 0.642. The zero-order chi connectivity index (χ0) is 9.75. The minimum Gasteiger partial charge on any atom is -0.298 e. The van der Waals surface area contributed by atoms with Gasteiger partial charge in [-0.2, -0.15) is 0 Å². The molecule has 0 aromatic carbocycles. The number of Topliss-reactive ketones (excluding diaryl/α,β-unsaturated/α-hetero) is 1. The van der Waals surface area contributed by atoms with Gasteiger partial charge in [0, 0.05) is 6.54 Å². The van der Waals surface area contributed by atoms with Gasteiger partial charge < -0.3 is 0 Å². The summed E-state index contributed by atoms with van der Waals surface area (Å²) in [4.78, 5) is 13.7. The summed E-state index contributed by atoms with van der Waals surface area (Å²) in [6, 6.07) is 0.234. The lowest BCUT2D eigenvalue weighted by molar-refractivity contribution is -0.121. The van der Waals surface area contributed by atoms with Crippen LogP contribution in [0.1, 0.15) is 20.8 Å². The Bertz CT molecular complexity index is 236. The Morgan fingerprint density at radius 2 is 2.08 bits per heavy atom. The summed E-state index contributed by atoms with van der Waals surface area (Å²) in [6.07, 6.45) is 0. The van der Waals surface area contributed by atoms with Crippen LogP contribution in [0, 0.1) is 23.7 Å². The number of fused-ring (bicyclic) bond motifs is 1. The van der Waals surface area contributed by atoms with Crippen LogP contribution >= 0.6 is 0 Å². The molecule has 0 aromatic rings. The van der Waals surface area contributed by atoms with E-state index in [0.717, 1.165) is 24.3 Å². The van der Waals surface area contributed by atoms with Crippen LogP contribution in [0.25, 0.3) is 0 Å². The fourth-order valence-electron chi connectivity index (χ4n) is 3.38. The third-order valence-corrected chi connectivity index (χ3v) is 3.82. The van der Waals surface area contributed by atoms with Crippen molar-refractivity contribution in [3.63, 3.8) is 0 Å². The van der Waals surface area contributed by atoms with Crippen molar-refractivity contribution in [2.45, 2.75) is 26.8 Å². The van der Waals surface area contributed by atoms with E-state index < -0.39 is 0 Å². The summed E-state index contributed by atoms with van der Waals surface area (Å²) in [5.74, 6) is 3.44. The van der Waals surface area contributed by atoms with Crippen molar-refractivity contribution in [1.29, 1.82) is 0 Å². The molecule has 1 heterocycles. The smallest absolute Gasteiger partial charge is 0.147 e. The predicted octanol–water partition coefficient (Wildman–Crippen LogP) is 1.41. The second-order valence-electron chi connectivity index (χ2n) is 5.06. The van der Waals surface area contributed by atoms with Gasteiger partial charge in [0.15, 0.2) is 0 Å². The second kappa shape index (κ2) is 2.81. The number of likely N-dealkylation sites (tertiary alicyclic amines) is 1. The van der Waals surface area contributed by atoms with Crippen molar-refractivity contribution in [3.05, 3.63) is 0 Å². The van der Waals surface area contributed by atoms with Gasteiger partial charge in [0.2, 0.25) is 0 Å². The van der Waals surface area contributed by atoms with Gasteiger partial charge in [0.05, 0.1) is 6.04 Å². The fraction of sp³-hybridized carbons (Fsp3) is 0.909. The Balaban J connectivity index is 2.08. The molecule has 1 aliphatic carbocycles. The van der Waals surface area contributed by atoms with Crippen LogP contribution in [0.5, 0.6) is 0 Å². The number of hydrogen-bond donors (Lipinski definition) is 0. The van der Waals surface area contributed by atoms with Gasteiger partial charge >= 0.3 is 0 Å². The molecule has 0 aromatic heterocycles. The van der Waals surface area contributed by atoms with E-state index in [1.807, 2.05) is 0 Å². The van der Waals surface area contributed by atoms with Crippen molar-refractivity contribution >= 4 is 5.78 Å². The summed E-state index contributed by atoms with van der Waals surface area (Å²) in [7, 11) is 2.08. The van der Waals surface area contributed by atoms with Gasteiger partial charge in [0.25, 0.3) is 0 Å². The van der Waals surface area contributed by atoms with E-state index >= 15 is 0 Å². The molecular weight excluding hydrogens is 162 g/mol. The lowest BCUT2D eigenvalue weighted by Crippen LogP contribution is -2.37. The van der Waals surface area contributed by atoms with Crippen molar-refractivity contribution < 1.29 is 4.79 Å². The highest BCUT2D eigenvalue weighted by molar-refractivity contribution is 5.83. The summed E-state index contributed by atoms with van der Waals surface area (Å²) in [5.41, 5.74) is 0. The van der Waals surface area contributed by atoms with Crippen LogP contribution in [0.15, 0.2) is 0 Å². The maximum Gasteiger partial charge on any atom is 0.147 e. The normalized spacial score (nSPS) is 43.8. The molecule has 2 fully saturated rings. The van der Waals surface area contributed by atoms with Crippen LogP contribution in [0.2, 0.25) is 0 Å². The molecule has 1 aliphatic heterocycles. The molecule has 0 spiro atoms.